The van der Waals surface area contributed by atoms with Crippen LogP contribution in [0.3, 0.4) is 0 Å². The third-order valence-electron chi connectivity index (χ3n) is 3.21. The van der Waals surface area contributed by atoms with Crippen LogP contribution in [0, 0.1) is 0 Å². The van der Waals surface area contributed by atoms with E-state index in [0.717, 1.165) is 0 Å². The first-order valence-corrected chi connectivity index (χ1v) is 6.32. The molecule has 3 rings (SSSR count). The summed E-state index contributed by atoms with van der Waals surface area (Å²) in [6.07, 6.45) is 9.12. The Morgan fingerprint density at radius 3 is 2.94 bits per heavy atom. The van der Waals surface area contributed by atoms with Gasteiger partial charge in [0.15, 0.2) is 0 Å². The van der Waals surface area contributed by atoms with E-state index in [9.17, 15) is 0 Å². The van der Waals surface area contributed by atoms with E-state index in [1.54, 1.807) is 11.3 Å². The molecule has 0 aromatic carbocycles. The van der Waals surface area contributed by atoms with Gasteiger partial charge in [0.2, 0.25) is 0 Å². The Hall–Kier alpha value is -1.48. The van der Waals surface area contributed by atoms with Gasteiger partial charge in [0, 0.05) is 30.7 Å². The lowest BCUT2D eigenvalue weighted by atomic mass is 10.0. The summed E-state index contributed by atoms with van der Waals surface area (Å²) in [5.41, 5.74) is 3.98. The van der Waals surface area contributed by atoms with Crippen molar-refractivity contribution in [2.75, 3.05) is 7.05 Å². The molecule has 3 heteroatoms. The van der Waals surface area contributed by atoms with Gasteiger partial charge < -0.3 is 9.80 Å². The molecule has 1 atom stereocenters. The average molecular weight is 230 g/mol. The fourth-order valence-electron chi connectivity index (χ4n) is 2.25. The number of allylic oxidation sites excluding steroid dienone is 3. The van der Waals surface area contributed by atoms with E-state index in [0.29, 0.717) is 6.17 Å². The Balaban J connectivity index is 2.03. The van der Waals surface area contributed by atoms with Gasteiger partial charge in [-0.25, -0.2) is 0 Å². The molecule has 3 heterocycles. The van der Waals surface area contributed by atoms with E-state index in [-0.39, 0.29) is 0 Å². The Morgan fingerprint density at radius 1 is 1.31 bits per heavy atom. The molecule has 1 unspecified atom stereocenters. The van der Waals surface area contributed by atoms with E-state index in [1.165, 1.54) is 16.8 Å². The van der Waals surface area contributed by atoms with E-state index in [4.69, 9.17) is 0 Å². The predicted molar refractivity (Wildman–Crippen MR) is 68.6 cm³/mol. The van der Waals surface area contributed by atoms with Crippen LogP contribution < -0.4 is 0 Å². The van der Waals surface area contributed by atoms with Crippen molar-refractivity contribution >= 4 is 16.9 Å². The van der Waals surface area contributed by atoms with Crippen molar-refractivity contribution in [3.05, 3.63) is 52.6 Å². The van der Waals surface area contributed by atoms with Gasteiger partial charge in [-0.2, -0.15) is 11.3 Å². The van der Waals surface area contributed by atoms with E-state index in [1.807, 2.05) is 0 Å². The van der Waals surface area contributed by atoms with E-state index < -0.39 is 0 Å². The molecule has 2 aliphatic heterocycles. The van der Waals surface area contributed by atoms with E-state index >= 15 is 0 Å². The maximum Gasteiger partial charge on any atom is 0.124 e. The van der Waals surface area contributed by atoms with Gasteiger partial charge in [-0.3, -0.25) is 0 Å². The topological polar surface area (TPSA) is 6.48 Å². The van der Waals surface area contributed by atoms with Crippen LogP contribution in [0.25, 0.3) is 5.57 Å². The Labute approximate surface area is 99.8 Å². The van der Waals surface area contributed by atoms with Gasteiger partial charge in [0.25, 0.3) is 0 Å². The third-order valence-corrected chi connectivity index (χ3v) is 3.89. The molecule has 0 saturated carbocycles. The zero-order valence-electron chi connectivity index (χ0n) is 9.42. The molecule has 0 radical (unpaired) electrons. The van der Waals surface area contributed by atoms with Crippen LogP contribution in [0.4, 0.5) is 0 Å². The van der Waals surface area contributed by atoms with Gasteiger partial charge >= 0.3 is 0 Å². The Bertz CT molecular complexity index is 482. The highest BCUT2D eigenvalue weighted by atomic mass is 32.1. The standard InChI is InChI=1S/C13H14N2S/c1-10-12(11-5-8-16-9-11)3-4-13-14(2)6-7-15(10)13/h3-9,13H,1-2H3. The second-order valence-electron chi connectivity index (χ2n) is 4.15. The van der Waals surface area contributed by atoms with Crippen molar-refractivity contribution in [3.63, 3.8) is 0 Å². The molecule has 0 amide bonds. The minimum atomic E-state index is 0.363. The summed E-state index contributed by atoms with van der Waals surface area (Å²) >= 11 is 1.75. The first kappa shape index (κ1) is 9.73. The normalized spacial score (nSPS) is 23.2. The largest absolute Gasteiger partial charge is 0.356 e. The molecule has 1 aromatic heterocycles. The lowest BCUT2D eigenvalue weighted by Crippen LogP contribution is -2.35. The molecule has 1 aromatic rings. The van der Waals surface area contributed by atoms with Crippen LogP contribution in [0.15, 0.2) is 47.1 Å². The molecule has 0 bridgehead atoms. The lowest BCUT2D eigenvalue weighted by Gasteiger charge is -2.32. The Kier molecular flexibility index (Phi) is 2.14. The number of fused-ring (bicyclic) bond motifs is 1. The molecule has 82 valence electrons. The summed E-state index contributed by atoms with van der Waals surface area (Å²) in [6, 6.07) is 2.18. The summed E-state index contributed by atoms with van der Waals surface area (Å²) in [4.78, 5) is 4.53. The number of hydrogen-bond acceptors (Lipinski definition) is 3. The summed E-state index contributed by atoms with van der Waals surface area (Å²) in [6.45, 7) is 2.19. The second kappa shape index (κ2) is 3.52. The SMILES string of the molecule is CC1=C(c2ccsc2)C=CC2N(C)C=CN12. The van der Waals surface area contributed by atoms with Crippen molar-refractivity contribution in [3.8, 4) is 0 Å². The smallest absolute Gasteiger partial charge is 0.124 e. The summed E-state index contributed by atoms with van der Waals surface area (Å²) in [5, 5.41) is 4.33. The quantitative estimate of drug-likeness (QED) is 0.731. The second-order valence-corrected chi connectivity index (χ2v) is 4.93. The monoisotopic (exact) mass is 230 g/mol. The summed E-state index contributed by atoms with van der Waals surface area (Å²) in [5.74, 6) is 0. The highest BCUT2D eigenvalue weighted by Gasteiger charge is 2.26. The third kappa shape index (κ3) is 1.32. The fraction of sp³-hybridized carbons (Fsp3) is 0.231. The van der Waals surface area contributed by atoms with Crippen molar-refractivity contribution in [2.24, 2.45) is 0 Å². The minimum Gasteiger partial charge on any atom is -0.356 e. The maximum absolute atomic E-state index is 2.31. The number of thiophene rings is 1. The highest BCUT2D eigenvalue weighted by Crippen LogP contribution is 2.32. The van der Waals surface area contributed by atoms with Crippen LogP contribution >= 0.6 is 11.3 Å². The van der Waals surface area contributed by atoms with Crippen LogP contribution in [0.1, 0.15) is 12.5 Å². The molecular formula is C13H14N2S. The molecule has 2 nitrogen and oxygen atoms in total. The lowest BCUT2D eigenvalue weighted by molar-refractivity contribution is 0.262. The number of hydrogen-bond donors (Lipinski definition) is 0. The van der Waals surface area contributed by atoms with Crippen LogP contribution in [-0.4, -0.2) is 23.0 Å². The van der Waals surface area contributed by atoms with Crippen molar-refractivity contribution in [2.45, 2.75) is 13.1 Å². The number of likely N-dealkylation sites (N-methyl/N-ethyl adjacent to an activating group) is 1. The van der Waals surface area contributed by atoms with Crippen LogP contribution in [0.2, 0.25) is 0 Å². The van der Waals surface area contributed by atoms with Gasteiger partial charge in [-0.15, -0.1) is 0 Å². The summed E-state index contributed by atoms with van der Waals surface area (Å²) < 4.78 is 0. The molecular weight excluding hydrogens is 216 g/mol. The van der Waals surface area contributed by atoms with Crippen molar-refractivity contribution < 1.29 is 0 Å². The van der Waals surface area contributed by atoms with Crippen molar-refractivity contribution in [1.29, 1.82) is 0 Å². The fourth-order valence-corrected chi connectivity index (χ4v) is 2.91. The Morgan fingerprint density at radius 2 is 2.19 bits per heavy atom. The highest BCUT2D eigenvalue weighted by molar-refractivity contribution is 7.08. The molecule has 0 N–H and O–H groups in total. The molecule has 0 spiro atoms. The summed E-state index contributed by atoms with van der Waals surface area (Å²) in [7, 11) is 2.11. The minimum absolute atomic E-state index is 0.363. The first-order valence-electron chi connectivity index (χ1n) is 5.37. The molecule has 0 fully saturated rings. The zero-order chi connectivity index (χ0) is 11.1. The first-order chi connectivity index (χ1) is 7.77. The molecule has 0 aliphatic carbocycles. The molecule has 2 aliphatic rings. The number of rotatable bonds is 1. The van der Waals surface area contributed by atoms with Gasteiger partial charge in [-0.05, 0) is 35.4 Å². The maximum atomic E-state index is 2.31. The van der Waals surface area contributed by atoms with E-state index in [2.05, 4.69) is 65.1 Å². The predicted octanol–water partition coefficient (Wildman–Crippen LogP) is 3.09. The number of nitrogens with zero attached hydrogens (tertiary/aromatic N) is 2. The molecule has 0 saturated heterocycles. The van der Waals surface area contributed by atoms with Gasteiger partial charge in [0.05, 0.1) is 0 Å². The zero-order valence-corrected chi connectivity index (χ0v) is 10.2. The van der Waals surface area contributed by atoms with Crippen LogP contribution in [-0.2, 0) is 0 Å². The van der Waals surface area contributed by atoms with Crippen LogP contribution in [0.5, 0.6) is 0 Å². The molecule has 16 heavy (non-hydrogen) atoms. The van der Waals surface area contributed by atoms with Gasteiger partial charge in [-0.1, -0.05) is 6.08 Å². The average Bonchev–Trinajstić information content (AvgIpc) is 2.90. The van der Waals surface area contributed by atoms with Gasteiger partial charge in [0.1, 0.15) is 6.17 Å². The van der Waals surface area contributed by atoms with Crippen molar-refractivity contribution in [1.82, 2.24) is 9.80 Å².